The average Bonchev–Trinajstić information content (AvgIpc) is 3.09. The van der Waals surface area contributed by atoms with Gasteiger partial charge in [0, 0.05) is 40.7 Å². The predicted molar refractivity (Wildman–Crippen MR) is 85.2 cm³/mol. The van der Waals surface area contributed by atoms with Crippen molar-refractivity contribution in [2.75, 3.05) is 27.3 Å². The first-order chi connectivity index (χ1) is 10.2. The van der Waals surface area contributed by atoms with E-state index < -0.39 is 0 Å². The van der Waals surface area contributed by atoms with Crippen molar-refractivity contribution in [3.63, 3.8) is 0 Å². The van der Waals surface area contributed by atoms with Crippen molar-refractivity contribution >= 4 is 21.4 Å². The minimum absolute atomic E-state index is 0.114. The number of halogens is 1. The highest BCUT2D eigenvalue weighted by atomic mass is 32.1. The van der Waals surface area contributed by atoms with E-state index in [0.717, 1.165) is 48.4 Å². The van der Waals surface area contributed by atoms with Gasteiger partial charge in [0.1, 0.15) is 5.82 Å². The molecule has 1 aromatic carbocycles. The van der Waals surface area contributed by atoms with Gasteiger partial charge >= 0.3 is 0 Å². The van der Waals surface area contributed by atoms with E-state index in [-0.39, 0.29) is 5.82 Å². The first-order valence-electron chi connectivity index (χ1n) is 7.32. The number of thiophene rings is 1. The molecule has 0 aliphatic carbocycles. The van der Waals surface area contributed by atoms with E-state index >= 15 is 0 Å². The lowest BCUT2D eigenvalue weighted by molar-refractivity contribution is 0.156. The standard InChI is InChI=1S/C16H21FN2OS/c1-18-8-15-12(9-19(2)11-6-7-20-10-11)16-13(17)4-3-5-14(16)21-15/h3-5,11,18H,6-10H2,1-2H3. The van der Waals surface area contributed by atoms with Gasteiger partial charge < -0.3 is 10.1 Å². The van der Waals surface area contributed by atoms with Gasteiger partial charge in [0.2, 0.25) is 0 Å². The largest absolute Gasteiger partial charge is 0.380 e. The Labute approximate surface area is 128 Å². The third-order valence-electron chi connectivity index (χ3n) is 4.12. The van der Waals surface area contributed by atoms with Gasteiger partial charge in [0.15, 0.2) is 0 Å². The number of nitrogens with one attached hydrogen (secondary N) is 1. The lowest BCUT2D eigenvalue weighted by Gasteiger charge is -2.23. The van der Waals surface area contributed by atoms with Gasteiger partial charge in [-0.15, -0.1) is 11.3 Å². The molecule has 5 heteroatoms. The number of hydrogen-bond acceptors (Lipinski definition) is 4. The summed E-state index contributed by atoms with van der Waals surface area (Å²) in [5, 5.41) is 3.98. The van der Waals surface area contributed by atoms with Crippen molar-refractivity contribution in [1.29, 1.82) is 0 Å². The molecule has 0 saturated carbocycles. The van der Waals surface area contributed by atoms with Crippen molar-refractivity contribution in [2.24, 2.45) is 0 Å². The topological polar surface area (TPSA) is 24.5 Å². The zero-order chi connectivity index (χ0) is 14.8. The zero-order valence-corrected chi connectivity index (χ0v) is 13.3. The summed E-state index contributed by atoms with van der Waals surface area (Å²) in [5.74, 6) is -0.114. The highest BCUT2D eigenvalue weighted by Gasteiger charge is 2.23. The molecule has 0 radical (unpaired) electrons. The Morgan fingerprint density at radius 3 is 3.05 bits per heavy atom. The Morgan fingerprint density at radius 2 is 2.33 bits per heavy atom. The maximum absolute atomic E-state index is 14.3. The number of likely N-dealkylation sites (N-methyl/N-ethyl adjacent to an activating group) is 1. The van der Waals surface area contributed by atoms with E-state index in [0.29, 0.717) is 6.04 Å². The number of ether oxygens (including phenoxy) is 1. The molecule has 0 amide bonds. The second kappa shape index (κ2) is 6.40. The van der Waals surface area contributed by atoms with Crippen molar-refractivity contribution in [1.82, 2.24) is 10.2 Å². The molecule has 114 valence electrons. The molecule has 1 fully saturated rings. The van der Waals surface area contributed by atoms with Crippen molar-refractivity contribution in [2.45, 2.75) is 25.6 Å². The molecule has 0 bridgehead atoms. The zero-order valence-electron chi connectivity index (χ0n) is 12.5. The monoisotopic (exact) mass is 308 g/mol. The molecular weight excluding hydrogens is 287 g/mol. The lowest BCUT2D eigenvalue weighted by Crippen LogP contribution is -2.31. The van der Waals surface area contributed by atoms with E-state index in [4.69, 9.17) is 4.74 Å². The summed E-state index contributed by atoms with van der Waals surface area (Å²) in [6, 6.07) is 5.79. The van der Waals surface area contributed by atoms with Gasteiger partial charge in [-0.2, -0.15) is 0 Å². The molecule has 0 spiro atoms. The van der Waals surface area contributed by atoms with Crippen LogP contribution in [0.2, 0.25) is 0 Å². The molecule has 1 unspecified atom stereocenters. The lowest BCUT2D eigenvalue weighted by atomic mass is 10.1. The minimum atomic E-state index is -0.114. The van der Waals surface area contributed by atoms with Crippen LogP contribution >= 0.6 is 11.3 Å². The summed E-state index contributed by atoms with van der Waals surface area (Å²) in [7, 11) is 4.03. The highest BCUT2D eigenvalue weighted by Crippen LogP contribution is 2.34. The van der Waals surface area contributed by atoms with Crippen LogP contribution in [0, 0.1) is 5.82 Å². The Bertz CT molecular complexity index is 622. The van der Waals surface area contributed by atoms with Crippen molar-refractivity contribution < 1.29 is 9.13 Å². The second-order valence-corrected chi connectivity index (χ2v) is 6.72. The van der Waals surface area contributed by atoms with E-state index in [1.807, 2.05) is 13.1 Å². The fourth-order valence-electron chi connectivity index (χ4n) is 2.93. The van der Waals surface area contributed by atoms with Crippen LogP contribution in [-0.2, 0) is 17.8 Å². The molecule has 1 aliphatic heterocycles. The molecule has 3 rings (SSSR count). The van der Waals surface area contributed by atoms with E-state index in [1.54, 1.807) is 23.5 Å². The summed E-state index contributed by atoms with van der Waals surface area (Å²) in [6.45, 7) is 3.16. The van der Waals surface area contributed by atoms with Crippen LogP contribution in [0.1, 0.15) is 16.9 Å². The maximum Gasteiger partial charge on any atom is 0.132 e. The molecule has 1 aromatic heterocycles. The number of hydrogen-bond donors (Lipinski definition) is 1. The molecular formula is C16H21FN2OS. The first kappa shape index (κ1) is 14.9. The van der Waals surface area contributed by atoms with Crippen LogP contribution in [0.15, 0.2) is 18.2 Å². The van der Waals surface area contributed by atoms with Crippen LogP contribution in [-0.4, -0.2) is 38.3 Å². The molecule has 1 N–H and O–H groups in total. The van der Waals surface area contributed by atoms with Gasteiger partial charge in [0.05, 0.1) is 6.61 Å². The van der Waals surface area contributed by atoms with Crippen molar-refractivity contribution in [3.05, 3.63) is 34.5 Å². The fourth-order valence-corrected chi connectivity index (χ4v) is 4.18. The van der Waals surface area contributed by atoms with Gasteiger partial charge in [-0.3, -0.25) is 4.90 Å². The average molecular weight is 308 g/mol. The molecule has 2 heterocycles. The number of benzene rings is 1. The molecule has 2 aromatic rings. The Balaban J connectivity index is 1.96. The fraction of sp³-hybridized carbons (Fsp3) is 0.500. The highest BCUT2D eigenvalue weighted by molar-refractivity contribution is 7.19. The number of rotatable bonds is 5. The van der Waals surface area contributed by atoms with Gasteiger partial charge in [0.25, 0.3) is 0 Å². The molecule has 1 saturated heterocycles. The van der Waals surface area contributed by atoms with Crippen LogP contribution < -0.4 is 5.32 Å². The van der Waals surface area contributed by atoms with Gasteiger partial charge in [-0.05, 0) is 38.2 Å². The Morgan fingerprint density at radius 1 is 1.48 bits per heavy atom. The smallest absolute Gasteiger partial charge is 0.132 e. The summed E-state index contributed by atoms with van der Waals surface area (Å²) in [4.78, 5) is 3.52. The van der Waals surface area contributed by atoms with Crippen molar-refractivity contribution in [3.8, 4) is 0 Å². The van der Waals surface area contributed by atoms with E-state index in [2.05, 4.69) is 17.3 Å². The van der Waals surface area contributed by atoms with Crippen LogP contribution in [0.25, 0.3) is 10.1 Å². The minimum Gasteiger partial charge on any atom is -0.380 e. The first-order valence-corrected chi connectivity index (χ1v) is 8.13. The molecule has 3 nitrogen and oxygen atoms in total. The number of nitrogens with zero attached hydrogens (tertiary/aromatic N) is 1. The maximum atomic E-state index is 14.3. The molecule has 21 heavy (non-hydrogen) atoms. The summed E-state index contributed by atoms with van der Waals surface area (Å²) in [5.41, 5.74) is 1.12. The Hall–Kier alpha value is -1.01. The van der Waals surface area contributed by atoms with Gasteiger partial charge in [-0.1, -0.05) is 6.07 Å². The normalized spacial score (nSPS) is 19.0. The predicted octanol–water partition coefficient (Wildman–Crippen LogP) is 2.98. The molecule has 1 aliphatic rings. The quantitative estimate of drug-likeness (QED) is 0.919. The summed E-state index contributed by atoms with van der Waals surface area (Å²) < 4.78 is 20.8. The SMILES string of the molecule is CNCc1sc2cccc(F)c2c1CN(C)C1CCOC1. The third kappa shape index (κ3) is 2.97. The van der Waals surface area contributed by atoms with Gasteiger partial charge in [-0.25, -0.2) is 4.39 Å². The summed E-state index contributed by atoms with van der Waals surface area (Å²) in [6.07, 6.45) is 1.06. The van der Waals surface area contributed by atoms with Crippen LogP contribution in [0.4, 0.5) is 4.39 Å². The Kier molecular flexibility index (Phi) is 4.54. The van der Waals surface area contributed by atoms with E-state index in [1.165, 1.54) is 4.88 Å². The third-order valence-corrected chi connectivity index (χ3v) is 5.32. The molecule has 1 atom stereocenters. The van der Waals surface area contributed by atoms with Crippen LogP contribution in [0.3, 0.4) is 0 Å². The van der Waals surface area contributed by atoms with E-state index in [9.17, 15) is 4.39 Å². The second-order valence-electron chi connectivity index (χ2n) is 5.58. The number of fused-ring (bicyclic) bond motifs is 1. The summed E-state index contributed by atoms with van der Waals surface area (Å²) >= 11 is 1.69. The van der Waals surface area contributed by atoms with Crippen LogP contribution in [0.5, 0.6) is 0 Å².